The first-order valence-corrected chi connectivity index (χ1v) is 8.26. The predicted molar refractivity (Wildman–Crippen MR) is 92.5 cm³/mol. The summed E-state index contributed by atoms with van der Waals surface area (Å²) in [4.78, 5) is 7.15. The van der Waals surface area contributed by atoms with Crippen LogP contribution in [0.15, 0.2) is 24.3 Å². The van der Waals surface area contributed by atoms with Gasteiger partial charge in [-0.2, -0.15) is 5.10 Å². The van der Waals surface area contributed by atoms with E-state index in [1.807, 2.05) is 23.6 Å². The molecule has 3 heterocycles. The van der Waals surface area contributed by atoms with Crippen molar-refractivity contribution in [3.05, 3.63) is 35.0 Å². The highest BCUT2D eigenvalue weighted by Crippen LogP contribution is 2.31. The summed E-state index contributed by atoms with van der Waals surface area (Å²) in [7, 11) is 0. The molecule has 2 atom stereocenters. The fourth-order valence-electron chi connectivity index (χ4n) is 3.36. The van der Waals surface area contributed by atoms with Gasteiger partial charge in [-0.25, -0.2) is 9.50 Å². The topological polar surface area (TPSA) is 42.7 Å². The average Bonchev–Trinajstić information content (AvgIpc) is 2.81. The van der Waals surface area contributed by atoms with Gasteiger partial charge in [-0.3, -0.25) is 0 Å². The van der Waals surface area contributed by atoms with Crippen molar-refractivity contribution in [1.29, 1.82) is 0 Å². The third-order valence-corrected chi connectivity index (χ3v) is 4.71. The zero-order valence-corrected chi connectivity index (χ0v) is 14.2. The molecule has 0 aliphatic carbocycles. The van der Waals surface area contributed by atoms with Crippen molar-refractivity contribution in [3.63, 3.8) is 0 Å². The van der Waals surface area contributed by atoms with Gasteiger partial charge in [0.2, 0.25) is 0 Å². The summed E-state index contributed by atoms with van der Waals surface area (Å²) in [5.41, 5.74) is 2.53. The zero-order chi connectivity index (χ0) is 16.1. The lowest BCUT2D eigenvalue weighted by Crippen LogP contribution is -2.46. The van der Waals surface area contributed by atoms with Crippen molar-refractivity contribution >= 4 is 34.0 Å². The molecule has 1 fully saturated rings. The van der Waals surface area contributed by atoms with Crippen molar-refractivity contribution < 1.29 is 4.74 Å². The molecule has 1 aliphatic heterocycles. The third-order valence-electron chi connectivity index (χ3n) is 4.27. The van der Waals surface area contributed by atoms with Crippen LogP contribution in [0.3, 0.4) is 0 Å². The molecule has 0 N–H and O–H groups in total. The molecule has 4 rings (SSSR count). The number of hydrogen-bond acceptors (Lipinski definition) is 4. The monoisotopic (exact) mass is 330 g/mol. The second-order valence-electron chi connectivity index (χ2n) is 6.25. The minimum absolute atomic E-state index is 0.178. The number of para-hydroxylation sites is 1. The lowest BCUT2D eigenvalue weighted by Gasteiger charge is -2.36. The summed E-state index contributed by atoms with van der Waals surface area (Å²) in [5.74, 6) is 0.955. The molecule has 1 aliphatic rings. The van der Waals surface area contributed by atoms with Crippen LogP contribution in [0, 0.1) is 6.92 Å². The van der Waals surface area contributed by atoms with E-state index < -0.39 is 0 Å². The number of hydrogen-bond donors (Lipinski definition) is 0. The minimum Gasteiger partial charge on any atom is -0.372 e. The third kappa shape index (κ3) is 2.35. The fourth-order valence-corrected chi connectivity index (χ4v) is 3.52. The highest BCUT2D eigenvalue weighted by molar-refractivity contribution is 6.34. The van der Waals surface area contributed by atoms with Gasteiger partial charge in [0.15, 0.2) is 5.65 Å². The maximum absolute atomic E-state index is 6.42. The Morgan fingerprint density at radius 1 is 1.17 bits per heavy atom. The maximum atomic E-state index is 6.42. The van der Waals surface area contributed by atoms with Crippen LogP contribution in [0.1, 0.15) is 19.5 Å². The maximum Gasteiger partial charge on any atom is 0.176 e. The van der Waals surface area contributed by atoms with Gasteiger partial charge in [0.05, 0.1) is 23.4 Å². The van der Waals surface area contributed by atoms with E-state index in [9.17, 15) is 0 Å². The van der Waals surface area contributed by atoms with E-state index in [0.717, 1.165) is 35.5 Å². The van der Waals surface area contributed by atoms with E-state index in [0.29, 0.717) is 10.7 Å². The molecule has 2 unspecified atom stereocenters. The second kappa shape index (κ2) is 5.35. The van der Waals surface area contributed by atoms with Gasteiger partial charge in [0.1, 0.15) is 10.8 Å². The SMILES string of the molecule is Cc1nn2c(nc(N3CC(C)OC(C)C3)c3ccccc32)c1Cl. The molecule has 120 valence electrons. The highest BCUT2D eigenvalue weighted by Gasteiger charge is 2.26. The molecular formula is C17H19ClN4O. The Morgan fingerprint density at radius 3 is 2.61 bits per heavy atom. The van der Waals surface area contributed by atoms with Crippen LogP contribution in [0.4, 0.5) is 5.82 Å². The fraction of sp³-hybridized carbons (Fsp3) is 0.412. The first kappa shape index (κ1) is 14.7. The number of aromatic nitrogens is 3. The van der Waals surface area contributed by atoms with Crippen molar-refractivity contribution in [2.45, 2.75) is 33.0 Å². The summed E-state index contributed by atoms with van der Waals surface area (Å²) in [6.07, 6.45) is 0.357. The van der Waals surface area contributed by atoms with Gasteiger partial charge in [-0.15, -0.1) is 0 Å². The van der Waals surface area contributed by atoms with Crippen molar-refractivity contribution in [2.24, 2.45) is 0 Å². The second-order valence-corrected chi connectivity index (χ2v) is 6.63. The predicted octanol–water partition coefficient (Wildman–Crippen LogP) is 3.46. The molecule has 1 aromatic carbocycles. The van der Waals surface area contributed by atoms with Crippen LogP contribution in [-0.4, -0.2) is 39.9 Å². The van der Waals surface area contributed by atoms with E-state index in [1.165, 1.54) is 0 Å². The van der Waals surface area contributed by atoms with E-state index in [1.54, 1.807) is 0 Å². The van der Waals surface area contributed by atoms with Gasteiger partial charge in [0, 0.05) is 18.5 Å². The quantitative estimate of drug-likeness (QED) is 0.685. The van der Waals surface area contributed by atoms with Gasteiger partial charge >= 0.3 is 0 Å². The van der Waals surface area contributed by atoms with Crippen LogP contribution in [-0.2, 0) is 4.74 Å². The minimum atomic E-state index is 0.178. The van der Waals surface area contributed by atoms with Crippen LogP contribution in [0.5, 0.6) is 0 Å². The molecule has 0 spiro atoms. The van der Waals surface area contributed by atoms with E-state index in [4.69, 9.17) is 21.3 Å². The van der Waals surface area contributed by atoms with Crippen LogP contribution in [0.2, 0.25) is 5.02 Å². The van der Waals surface area contributed by atoms with Crippen molar-refractivity contribution in [1.82, 2.24) is 14.6 Å². The lowest BCUT2D eigenvalue weighted by atomic mass is 10.2. The first-order valence-electron chi connectivity index (χ1n) is 7.88. The molecule has 2 aromatic heterocycles. The van der Waals surface area contributed by atoms with E-state index >= 15 is 0 Å². The Bertz CT molecular complexity index is 881. The summed E-state index contributed by atoms with van der Waals surface area (Å²) in [6.45, 7) is 7.74. The largest absolute Gasteiger partial charge is 0.372 e. The number of nitrogens with zero attached hydrogens (tertiary/aromatic N) is 4. The number of benzene rings is 1. The lowest BCUT2D eigenvalue weighted by molar-refractivity contribution is -0.00535. The first-order chi connectivity index (χ1) is 11.0. The molecule has 0 bridgehead atoms. The Hall–Kier alpha value is -1.85. The molecule has 0 saturated carbocycles. The standard InChI is InChI=1S/C17H19ClN4O/c1-10-8-21(9-11(2)23-10)16-13-6-4-5-7-14(13)22-17(19-16)15(18)12(3)20-22/h4-7,10-11H,8-9H2,1-3H3. The number of aryl methyl sites for hydroxylation is 1. The molecule has 0 amide bonds. The normalized spacial score (nSPS) is 22.2. The van der Waals surface area contributed by atoms with Gasteiger partial charge in [-0.1, -0.05) is 23.7 Å². The number of anilines is 1. The Kier molecular flexibility index (Phi) is 3.43. The van der Waals surface area contributed by atoms with Crippen LogP contribution < -0.4 is 4.90 Å². The van der Waals surface area contributed by atoms with Crippen molar-refractivity contribution in [2.75, 3.05) is 18.0 Å². The summed E-state index contributed by atoms with van der Waals surface area (Å²) < 4.78 is 7.69. The van der Waals surface area contributed by atoms with Crippen molar-refractivity contribution in [3.8, 4) is 0 Å². The number of ether oxygens (including phenoxy) is 1. The Morgan fingerprint density at radius 2 is 1.87 bits per heavy atom. The number of morpholine rings is 1. The Balaban J connectivity index is 1.99. The molecule has 1 saturated heterocycles. The van der Waals surface area contributed by atoms with Gasteiger partial charge in [-0.05, 0) is 32.9 Å². The van der Waals surface area contributed by atoms with E-state index in [2.05, 4.69) is 36.0 Å². The average molecular weight is 331 g/mol. The number of rotatable bonds is 1. The summed E-state index contributed by atoms with van der Waals surface area (Å²) in [6, 6.07) is 8.20. The molecular weight excluding hydrogens is 312 g/mol. The molecule has 6 heteroatoms. The van der Waals surface area contributed by atoms with Gasteiger partial charge < -0.3 is 9.64 Å². The molecule has 23 heavy (non-hydrogen) atoms. The van der Waals surface area contributed by atoms with Crippen LogP contribution in [0.25, 0.3) is 16.6 Å². The van der Waals surface area contributed by atoms with Crippen LogP contribution >= 0.6 is 11.6 Å². The number of fused-ring (bicyclic) bond motifs is 3. The molecule has 0 radical (unpaired) electrons. The summed E-state index contributed by atoms with van der Waals surface area (Å²) >= 11 is 6.42. The number of halogens is 1. The van der Waals surface area contributed by atoms with E-state index in [-0.39, 0.29) is 12.2 Å². The summed E-state index contributed by atoms with van der Waals surface area (Å²) in [5, 5.41) is 6.24. The molecule has 3 aromatic rings. The Labute approximate surface area is 139 Å². The highest BCUT2D eigenvalue weighted by atomic mass is 35.5. The zero-order valence-electron chi connectivity index (χ0n) is 13.5. The smallest absolute Gasteiger partial charge is 0.176 e. The molecule has 5 nitrogen and oxygen atoms in total. The van der Waals surface area contributed by atoms with Gasteiger partial charge in [0.25, 0.3) is 0 Å².